The van der Waals surface area contributed by atoms with Crippen LogP contribution in [0.25, 0.3) is 17.0 Å². The Morgan fingerprint density at radius 1 is 1.19 bits per heavy atom. The van der Waals surface area contributed by atoms with Gasteiger partial charge in [-0.15, -0.1) is 0 Å². The Bertz CT molecular complexity index is 1100. The minimum Gasteiger partial charge on any atom is -0.508 e. The predicted octanol–water partition coefficient (Wildman–Crippen LogP) is 3.65. The number of benzene rings is 2. The van der Waals surface area contributed by atoms with E-state index in [-0.39, 0.29) is 34.0 Å². The molecular formula is C20H15NO6. The Kier molecular flexibility index (Phi) is 4.73. The standard InChI is InChI=1S/C20H15NO6/c1-25-18-14-6-7-27-19(14)20(26-2)17(24)15(18)16(23)12(10-21)8-11-4-3-5-13(22)9-11/h3-9,22,24H,1-2H3. The lowest BCUT2D eigenvalue weighted by molar-refractivity contribution is 0.103. The van der Waals surface area contributed by atoms with Crippen molar-refractivity contribution in [1.82, 2.24) is 0 Å². The van der Waals surface area contributed by atoms with Gasteiger partial charge in [0.15, 0.2) is 11.3 Å². The molecule has 2 N–H and O–H groups in total. The number of hydrogen-bond donors (Lipinski definition) is 2. The Morgan fingerprint density at radius 3 is 2.56 bits per heavy atom. The van der Waals surface area contributed by atoms with Crippen molar-refractivity contribution in [2.75, 3.05) is 14.2 Å². The van der Waals surface area contributed by atoms with Gasteiger partial charge in [-0.2, -0.15) is 5.26 Å². The molecule has 0 aliphatic rings. The number of allylic oxidation sites excluding steroid dienone is 1. The van der Waals surface area contributed by atoms with Crippen molar-refractivity contribution >= 4 is 22.8 Å². The second-order valence-corrected chi connectivity index (χ2v) is 5.55. The molecule has 3 rings (SSSR count). The number of nitrogens with zero attached hydrogens (tertiary/aromatic N) is 1. The van der Waals surface area contributed by atoms with Crippen molar-refractivity contribution in [3.8, 4) is 29.1 Å². The van der Waals surface area contributed by atoms with E-state index in [1.54, 1.807) is 18.2 Å². The lowest BCUT2D eigenvalue weighted by Gasteiger charge is -2.13. The highest BCUT2D eigenvalue weighted by atomic mass is 16.5. The van der Waals surface area contributed by atoms with Crippen molar-refractivity contribution < 1.29 is 28.9 Å². The fourth-order valence-corrected chi connectivity index (χ4v) is 2.80. The van der Waals surface area contributed by atoms with Crippen molar-refractivity contribution in [3.63, 3.8) is 0 Å². The number of Topliss-reactive ketones (excluding diaryl/α,β-unsaturated/α-hetero) is 1. The molecule has 0 saturated carbocycles. The van der Waals surface area contributed by atoms with Crippen molar-refractivity contribution in [1.29, 1.82) is 5.26 Å². The zero-order chi connectivity index (χ0) is 19.6. The number of rotatable bonds is 5. The number of nitriles is 1. The molecule has 7 heteroatoms. The summed E-state index contributed by atoms with van der Waals surface area (Å²) in [6, 6.07) is 9.48. The maximum Gasteiger partial charge on any atom is 0.211 e. The molecule has 7 nitrogen and oxygen atoms in total. The zero-order valence-corrected chi connectivity index (χ0v) is 14.5. The van der Waals surface area contributed by atoms with Gasteiger partial charge < -0.3 is 24.1 Å². The summed E-state index contributed by atoms with van der Waals surface area (Å²) in [5.41, 5.74) is 0.212. The van der Waals surface area contributed by atoms with Crippen LogP contribution in [-0.2, 0) is 0 Å². The Hall–Kier alpha value is -3.92. The van der Waals surface area contributed by atoms with E-state index in [0.717, 1.165) is 0 Å². The lowest BCUT2D eigenvalue weighted by Crippen LogP contribution is -2.06. The Balaban J connectivity index is 2.23. The molecule has 0 aliphatic heterocycles. The normalized spacial score (nSPS) is 11.2. The number of phenols is 2. The van der Waals surface area contributed by atoms with Crippen LogP contribution in [0.1, 0.15) is 15.9 Å². The first-order valence-corrected chi connectivity index (χ1v) is 7.81. The molecule has 3 aromatic rings. The summed E-state index contributed by atoms with van der Waals surface area (Å²) in [5, 5.41) is 30.0. The lowest BCUT2D eigenvalue weighted by atomic mass is 9.98. The number of carbonyl (C=O) groups excluding carboxylic acids is 1. The van der Waals surface area contributed by atoms with Crippen LogP contribution in [0, 0.1) is 11.3 Å². The molecule has 0 aliphatic carbocycles. The summed E-state index contributed by atoms with van der Waals surface area (Å²) in [7, 11) is 2.67. The van der Waals surface area contributed by atoms with Crippen LogP contribution in [0.15, 0.2) is 46.6 Å². The van der Waals surface area contributed by atoms with Crippen LogP contribution in [0.4, 0.5) is 0 Å². The van der Waals surface area contributed by atoms with Crippen LogP contribution >= 0.6 is 0 Å². The minimum absolute atomic E-state index is 0.00426. The molecule has 136 valence electrons. The third kappa shape index (κ3) is 3.04. The van der Waals surface area contributed by atoms with Gasteiger partial charge in [0.05, 0.1) is 25.9 Å². The second kappa shape index (κ2) is 7.14. The summed E-state index contributed by atoms with van der Waals surface area (Å²) < 4.78 is 15.8. The predicted molar refractivity (Wildman–Crippen MR) is 97.0 cm³/mol. The van der Waals surface area contributed by atoms with Gasteiger partial charge >= 0.3 is 0 Å². The molecule has 1 aromatic heterocycles. The van der Waals surface area contributed by atoms with Gasteiger partial charge in [0, 0.05) is 0 Å². The topological polar surface area (TPSA) is 113 Å². The van der Waals surface area contributed by atoms with Crippen LogP contribution in [-0.4, -0.2) is 30.2 Å². The SMILES string of the molecule is COc1c(C(=O)C(C#N)=Cc2cccc(O)c2)c(O)c(OC)c2occc12. The molecule has 1 heterocycles. The van der Waals surface area contributed by atoms with E-state index in [2.05, 4.69) is 0 Å². The summed E-state index contributed by atoms with van der Waals surface area (Å²) >= 11 is 0. The molecule has 2 aromatic carbocycles. The highest BCUT2D eigenvalue weighted by Gasteiger charge is 2.29. The van der Waals surface area contributed by atoms with Gasteiger partial charge in [0.2, 0.25) is 11.5 Å². The van der Waals surface area contributed by atoms with Crippen molar-refractivity contribution in [3.05, 3.63) is 53.3 Å². The van der Waals surface area contributed by atoms with Crippen LogP contribution in [0.2, 0.25) is 0 Å². The van der Waals surface area contributed by atoms with E-state index in [4.69, 9.17) is 13.9 Å². The number of ether oxygens (including phenoxy) is 2. The van der Waals surface area contributed by atoms with Crippen molar-refractivity contribution in [2.24, 2.45) is 0 Å². The van der Waals surface area contributed by atoms with Crippen LogP contribution in [0.3, 0.4) is 0 Å². The summed E-state index contributed by atoms with van der Waals surface area (Å²) in [6.45, 7) is 0. The van der Waals surface area contributed by atoms with Gasteiger partial charge in [0.1, 0.15) is 28.7 Å². The van der Waals surface area contributed by atoms with E-state index in [9.17, 15) is 20.3 Å². The third-order valence-electron chi connectivity index (χ3n) is 3.98. The average Bonchev–Trinajstić information content (AvgIpc) is 3.14. The summed E-state index contributed by atoms with van der Waals surface area (Å²) in [5.74, 6) is -1.21. The first-order chi connectivity index (χ1) is 13.0. The van der Waals surface area contributed by atoms with E-state index in [0.29, 0.717) is 10.9 Å². The molecule has 0 bridgehead atoms. The third-order valence-corrected chi connectivity index (χ3v) is 3.98. The van der Waals surface area contributed by atoms with Crippen LogP contribution in [0.5, 0.6) is 23.0 Å². The van der Waals surface area contributed by atoms with Gasteiger partial charge in [0.25, 0.3) is 0 Å². The fraction of sp³-hybridized carbons (Fsp3) is 0.100. The number of methoxy groups -OCH3 is 2. The fourth-order valence-electron chi connectivity index (χ4n) is 2.80. The van der Waals surface area contributed by atoms with E-state index >= 15 is 0 Å². The molecular weight excluding hydrogens is 350 g/mol. The molecule has 0 radical (unpaired) electrons. The highest BCUT2D eigenvalue weighted by molar-refractivity contribution is 6.20. The minimum atomic E-state index is -0.753. The second-order valence-electron chi connectivity index (χ2n) is 5.55. The van der Waals surface area contributed by atoms with E-state index in [1.165, 1.54) is 38.7 Å². The maximum absolute atomic E-state index is 13.0. The maximum atomic E-state index is 13.0. The first-order valence-electron chi connectivity index (χ1n) is 7.81. The van der Waals surface area contributed by atoms with Crippen molar-refractivity contribution in [2.45, 2.75) is 0 Å². The molecule has 27 heavy (non-hydrogen) atoms. The Labute approximate surface area is 154 Å². The summed E-state index contributed by atoms with van der Waals surface area (Å²) in [4.78, 5) is 13.0. The number of carbonyl (C=O) groups is 1. The number of ketones is 1. The molecule has 0 fully saturated rings. The van der Waals surface area contributed by atoms with E-state index < -0.39 is 11.5 Å². The largest absolute Gasteiger partial charge is 0.508 e. The van der Waals surface area contributed by atoms with Gasteiger partial charge in [-0.25, -0.2) is 0 Å². The van der Waals surface area contributed by atoms with Gasteiger partial charge in [-0.05, 0) is 29.8 Å². The van der Waals surface area contributed by atoms with Gasteiger partial charge in [-0.1, -0.05) is 12.1 Å². The molecule has 0 amide bonds. The zero-order valence-electron chi connectivity index (χ0n) is 14.5. The number of hydrogen-bond acceptors (Lipinski definition) is 7. The molecule has 0 saturated heterocycles. The van der Waals surface area contributed by atoms with Crippen LogP contribution < -0.4 is 9.47 Å². The average molecular weight is 365 g/mol. The van der Waals surface area contributed by atoms with Gasteiger partial charge in [-0.3, -0.25) is 4.79 Å². The molecule has 0 atom stereocenters. The molecule has 0 spiro atoms. The number of phenolic OH excluding ortho intramolecular Hbond substituents is 2. The highest BCUT2D eigenvalue weighted by Crippen LogP contribution is 2.46. The molecule has 0 unspecified atom stereocenters. The number of furan rings is 1. The monoisotopic (exact) mass is 365 g/mol. The Morgan fingerprint density at radius 2 is 1.93 bits per heavy atom. The number of fused-ring (bicyclic) bond motifs is 1. The number of aromatic hydroxyl groups is 2. The van der Waals surface area contributed by atoms with E-state index in [1.807, 2.05) is 6.07 Å². The smallest absolute Gasteiger partial charge is 0.211 e. The first kappa shape index (κ1) is 17.9. The summed E-state index contributed by atoms with van der Waals surface area (Å²) in [6.07, 6.45) is 2.68. The quantitative estimate of drug-likeness (QED) is 0.403.